The number of allylic oxidation sites excluding steroid dienone is 3. The van der Waals surface area contributed by atoms with Crippen LogP contribution in [0.1, 0.15) is 57.1 Å². The summed E-state index contributed by atoms with van der Waals surface area (Å²) in [5.74, 6) is 3.47. The molecule has 4 aliphatic carbocycles. The van der Waals surface area contributed by atoms with Gasteiger partial charge in [0.15, 0.2) is 0 Å². The second kappa shape index (κ2) is 7.88. The Hall–Kier alpha value is -2.09. The first-order valence-corrected chi connectivity index (χ1v) is 10.5. The fraction of sp³-hybridized carbons (Fsp3) is 0.480. The van der Waals surface area contributed by atoms with Crippen LogP contribution >= 0.6 is 0 Å². The number of carbonyl (C=O) groups is 1. The molecule has 1 aromatic rings. The number of carbonyl (C=O) groups excluding carboxylic acids is 1. The number of esters is 1. The third-order valence-electron chi connectivity index (χ3n) is 6.52. The second-order valence-electron chi connectivity index (χ2n) is 8.59. The van der Waals surface area contributed by atoms with Gasteiger partial charge in [-0.2, -0.15) is 0 Å². The Labute approximate surface area is 163 Å². The molecule has 4 fully saturated rings. The third kappa shape index (κ3) is 4.26. The Bertz CT molecular complexity index is 749. The molecule has 142 valence electrons. The molecule has 4 saturated carbocycles. The van der Waals surface area contributed by atoms with Crippen molar-refractivity contribution in [1.82, 2.24) is 0 Å². The van der Waals surface area contributed by atoms with Crippen molar-refractivity contribution in [3.8, 4) is 0 Å². The van der Waals surface area contributed by atoms with Crippen molar-refractivity contribution in [1.29, 1.82) is 0 Å². The van der Waals surface area contributed by atoms with E-state index in [0.717, 1.165) is 34.8 Å². The topological polar surface area (TPSA) is 26.3 Å². The Morgan fingerprint density at radius 1 is 1.00 bits per heavy atom. The number of ether oxygens (including phenoxy) is 1. The zero-order chi connectivity index (χ0) is 18.8. The Kier molecular flexibility index (Phi) is 5.33. The highest BCUT2D eigenvalue weighted by atomic mass is 16.5. The standard InChI is InChI=1S/C25H30O2/c1-3-27-25(26)10-17(2)4-5-18-6-8-19(9-7-18)16-24-22-12-20-11-21(14-22)15-23(24)13-20/h4-10,16,20-23H,3,11-15H2,1-2H3. The summed E-state index contributed by atoms with van der Waals surface area (Å²) in [5, 5.41) is 0. The highest BCUT2D eigenvalue weighted by Crippen LogP contribution is 2.56. The van der Waals surface area contributed by atoms with E-state index in [-0.39, 0.29) is 5.97 Å². The number of rotatable bonds is 5. The molecule has 0 heterocycles. The van der Waals surface area contributed by atoms with E-state index in [0.29, 0.717) is 6.61 Å². The van der Waals surface area contributed by atoms with Crippen LogP contribution in [0.15, 0.2) is 47.6 Å². The Morgan fingerprint density at radius 2 is 1.59 bits per heavy atom. The summed E-state index contributed by atoms with van der Waals surface area (Å²) in [6, 6.07) is 8.78. The summed E-state index contributed by atoms with van der Waals surface area (Å²) >= 11 is 0. The van der Waals surface area contributed by atoms with Crippen molar-refractivity contribution in [3.05, 3.63) is 58.7 Å². The van der Waals surface area contributed by atoms with Crippen molar-refractivity contribution in [2.45, 2.75) is 46.0 Å². The van der Waals surface area contributed by atoms with Crippen molar-refractivity contribution in [3.63, 3.8) is 0 Å². The van der Waals surface area contributed by atoms with E-state index in [4.69, 9.17) is 4.74 Å². The van der Waals surface area contributed by atoms with Crippen LogP contribution in [0.25, 0.3) is 12.2 Å². The van der Waals surface area contributed by atoms with Gasteiger partial charge in [0.2, 0.25) is 0 Å². The predicted octanol–water partition coefficient (Wildman–Crippen LogP) is 6.05. The van der Waals surface area contributed by atoms with E-state index in [9.17, 15) is 4.79 Å². The molecule has 0 N–H and O–H groups in total. The largest absolute Gasteiger partial charge is 0.463 e. The lowest BCUT2D eigenvalue weighted by Crippen LogP contribution is -2.40. The fourth-order valence-corrected chi connectivity index (χ4v) is 5.51. The molecule has 0 amide bonds. The molecular formula is C25H30O2. The van der Waals surface area contributed by atoms with Crippen LogP contribution in [0.2, 0.25) is 0 Å². The summed E-state index contributed by atoms with van der Waals surface area (Å²) in [5.41, 5.74) is 5.11. The van der Waals surface area contributed by atoms with Gasteiger partial charge in [-0.1, -0.05) is 48.1 Å². The average Bonchev–Trinajstić information content (AvgIpc) is 2.63. The van der Waals surface area contributed by atoms with Gasteiger partial charge in [0.1, 0.15) is 0 Å². The van der Waals surface area contributed by atoms with Gasteiger partial charge in [0.25, 0.3) is 0 Å². The van der Waals surface area contributed by atoms with Crippen LogP contribution in [0.3, 0.4) is 0 Å². The molecule has 2 nitrogen and oxygen atoms in total. The van der Waals surface area contributed by atoms with Gasteiger partial charge in [0, 0.05) is 6.08 Å². The molecule has 5 rings (SSSR count). The van der Waals surface area contributed by atoms with E-state index in [1.54, 1.807) is 5.57 Å². The highest BCUT2D eigenvalue weighted by Gasteiger charge is 2.44. The van der Waals surface area contributed by atoms with E-state index in [2.05, 4.69) is 30.3 Å². The van der Waals surface area contributed by atoms with Gasteiger partial charge in [-0.05, 0) is 86.3 Å². The molecule has 27 heavy (non-hydrogen) atoms. The minimum Gasteiger partial charge on any atom is -0.463 e. The number of hydrogen-bond donors (Lipinski definition) is 0. The Balaban J connectivity index is 1.42. The molecule has 0 unspecified atom stereocenters. The van der Waals surface area contributed by atoms with Crippen LogP contribution < -0.4 is 0 Å². The van der Waals surface area contributed by atoms with E-state index >= 15 is 0 Å². The molecule has 0 aliphatic heterocycles. The zero-order valence-electron chi connectivity index (χ0n) is 16.5. The Morgan fingerprint density at radius 3 is 2.19 bits per heavy atom. The van der Waals surface area contributed by atoms with Gasteiger partial charge >= 0.3 is 5.97 Å². The van der Waals surface area contributed by atoms with E-state index in [1.165, 1.54) is 43.7 Å². The van der Waals surface area contributed by atoms with E-state index in [1.807, 2.05) is 26.0 Å². The molecule has 2 heteroatoms. The van der Waals surface area contributed by atoms with Crippen molar-refractivity contribution in [2.24, 2.45) is 23.7 Å². The number of hydrogen-bond acceptors (Lipinski definition) is 2. The fourth-order valence-electron chi connectivity index (χ4n) is 5.51. The maximum atomic E-state index is 11.5. The summed E-state index contributed by atoms with van der Waals surface area (Å²) in [4.78, 5) is 11.5. The third-order valence-corrected chi connectivity index (χ3v) is 6.52. The van der Waals surface area contributed by atoms with E-state index < -0.39 is 0 Å². The smallest absolute Gasteiger partial charge is 0.330 e. The summed E-state index contributed by atoms with van der Waals surface area (Å²) in [6.45, 7) is 4.14. The lowest BCUT2D eigenvalue weighted by atomic mass is 9.54. The molecule has 4 bridgehead atoms. The van der Waals surface area contributed by atoms with Crippen molar-refractivity contribution in [2.75, 3.05) is 6.61 Å². The SMILES string of the molecule is CCOC(=O)C=C(C)C=Cc1ccc(C=C2C3CC4CC(C3)CC2C4)cc1. The predicted molar refractivity (Wildman–Crippen MR) is 111 cm³/mol. The molecule has 0 radical (unpaired) electrons. The average molecular weight is 363 g/mol. The second-order valence-corrected chi connectivity index (χ2v) is 8.59. The lowest BCUT2D eigenvalue weighted by molar-refractivity contribution is -0.137. The normalized spacial score (nSPS) is 29.4. The molecule has 4 aliphatic rings. The van der Waals surface area contributed by atoms with Gasteiger partial charge in [0.05, 0.1) is 6.61 Å². The van der Waals surface area contributed by atoms with Crippen LogP contribution in [0.4, 0.5) is 0 Å². The van der Waals surface area contributed by atoms with Gasteiger partial charge in [-0.3, -0.25) is 0 Å². The monoisotopic (exact) mass is 362 g/mol. The highest BCUT2D eigenvalue weighted by molar-refractivity contribution is 5.83. The zero-order valence-corrected chi connectivity index (χ0v) is 16.5. The molecule has 0 spiro atoms. The van der Waals surface area contributed by atoms with Crippen molar-refractivity contribution >= 4 is 18.1 Å². The first-order chi connectivity index (χ1) is 13.1. The maximum absolute atomic E-state index is 11.5. The van der Waals surface area contributed by atoms with Gasteiger partial charge in [-0.25, -0.2) is 4.79 Å². The van der Waals surface area contributed by atoms with Gasteiger partial charge < -0.3 is 4.74 Å². The summed E-state index contributed by atoms with van der Waals surface area (Å²) in [7, 11) is 0. The van der Waals surface area contributed by atoms with Crippen LogP contribution in [0.5, 0.6) is 0 Å². The van der Waals surface area contributed by atoms with Crippen LogP contribution in [0, 0.1) is 23.7 Å². The maximum Gasteiger partial charge on any atom is 0.330 e. The first-order valence-electron chi connectivity index (χ1n) is 10.5. The van der Waals surface area contributed by atoms with Gasteiger partial charge in [-0.15, -0.1) is 0 Å². The minimum atomic E-state index is -0.280. The molecular weight excluding hydrogens is 332 g/mol. The molecule has 0 aromatic heterocycles. The van der Waals surface area contributed by atoms with Crippen LogP contribution in [-0.4, -0.2) is 12.6 Å². The van der Waals surface area contributed by atoms with Crippen LogP contribution in [-0.2, 0) is 9.53 Å². The summed E-state index contributed by atoms with van der Waals surface area (Å²) in [6.07, 6.45) is 15.3. The minimum absolute atomic E-state index is 0.280. The lowest BCUT2D eigenvalue weighted by Gasteiger charge is -2.51. The molecule has 0 saturated heterocycles. The molecule has 0 atom stereocenters. The molecule has 1 aromatic carbocycles. The first kappa shape index (κ1) is 18.3. The van der Waals surface area contributed by atoms with Crippen molar-refractivity contribution < 1.29 is 9.53 Å². The summed E-state index contributed by atoms with van der Waals surface area (Å²) < 4.78 is 4.94. The number of benzene rings is 1. The quantitative estimate of drug-likeness (QED) is 0.362.